The van der Waals surface area contributed by atoms with Crippen LogP contribution in [-0.2, 0) is 0 Å². The van der Waals surface area contributed by atoms with Gasteiger partial charge < -0.3 is 9.88 Å². The third kappa shape index (κ3) is 2.10. The van der Waals surface area contributed by atoms with Crippen LogP contribution in [0.1, 0.15) is 24.2 Å². The van der Waals surface area contributed by atoms with Gasteiger partial charge in [-0.1, -0.05) is 18.2 Å². The Morgan fingerprint density at radius 2 is 1.85 bits per heavy atom. The second-order valence-corrected chi connectivity index (χ2v) is 5.82. The number of piperazine rings is 1. The SMILES string of the molecule is CC1CN(C(=O)c2c[nH]c3ccccc23)CC(C)N1C. The lowest BCUT2D eigenvalue weighted by Gasteiger charge is -2.42. The normalized spacial score (nSPS) is 24.2. The molecule has 1 aromatic carbocycles. The quantitative estimate of drug-likeness (QED) is 0.864. The van der Waals surface area contributed by atoms with Crippen LogP contribution in [0.2, 0.25) is 0 Å². The van der Waals surface area contributed by atoms with Crippen molar-refractivity contribution >= 4 is 16.8 Å². The van der Waals surface area contributed by atoms with Gasteiger partial charge in [-0.3, -0.25) is 9.69 Å². The number of rotatable bonds is 1. The summed E-state index contributed by atoms with van der Waals surface area (Å²) in [6.45, 7) is 5.93. The van der Waals surface area contributed by atoms with E-state index in [0.29, 0.717) is 12.1 Å². The summed E-state index contributed by atoms with van der Waals surface area (Å²) in [4.78, 5) is 20.3. The number of H-pyrrole nitrogens is 1. The minimum atomic E-state index is 0.134. The molecule has 1 saturated heterocycles. The van der Waals surface area contributed by atoms with Gasteiger partial charge in [0.1, 0.15) is 0 Å². The van der Waals surface area contributed by atoms with Gasteiger partial charge in [0.05, 0.1) is 5.56 Å². The van der Waals surface area contributed by atoms with Gasteiger partial charge in [-0.25, -0.2) is 0 Å². The van der Waals surface area contributed by atoms with Gasteiger partial charge in [0.2, 0.25) is 0 Å². The molecular formula is C16H21N3O. The van der Waals surface area contributed by atoms with Gasteiger partial charge in [0.25, 0.3) is 5.91 Å². The Kier molecular flexibility index (Phi) is 3.26. The first-order valence-corrected chi connectivity index (χ1v) is 7.15. The van der Waals surface area contributed by atoms with E-state index in [1.807, 2.05) is 35.4 Å². The first kappa shape index (κ1) is 13.2. The summed E-state index contributed by atoms with van der Waals surface area (Å²) in [5, 5.41) is 1.01. The summed E-state index contributed by atoms with van der Waals surface area (Å²) in [6.07, 6.45) is 1.83. The zero-order valence-corrected chi connectivity index (χ0v) is 12.3. The molecule has 2 unspecified atom stereocenters. The fraction of sp³-hybridized carbons (Fsp3) is 0.438. The van der Waals surface area contributed by atoms with Crippen molar-refractivity contribution < 1.29 is 4.79 Å². The lowest BCUT2D eigenvalue weighted by Crippen LogP contribution is -2.56. The second kappa shape index (κ2) is 4.94. The van der Waals surface area contributed by atoms with E-state index in [4.69, 9.17) is 0 Å². The number of carbonyl (C=O) groups is 1. The number of aromatic amines is 1. The highest BCUT2D eigenvalue weighted by molar-refractivity contribution is 6.06. The smallest absolute Gasteiger partial charge is 0.256 e. The summed E-state index contributed by atoms with van der Waals surface area (Å²) in [7, 11) is 2.13. The summed E-state index contributed by atoms with van der Waals surface area (Å²) in [5.74, 6) is 0.134. The topological polar surface area (TPSA) is 39.3 Å². The van der Waals surface area contributed by atoms with Crippen LogP contribution in [0.4, 0.5) is 0 Å². The molecule has 0 radical (unpaired) electrons. The molecule has 1 fully saturated rings. The van der Waals surface area contributed by atoms with E-state index in [1.54, 1.807) is 0 Å². The molecule has 3 rings (SSSR count). The molecule has 0 saturated carbocycles. The Balaban J connectivity index is 1.89. The predicted molar refractivity (Wildman–Crippen MR) is 80.9 cm³/mol. The molecule has 1 aliphatic rings. The fourth-order valence-electron chi connectivity index (χ4n) is 2.99. The van der Waals surface area contributed by atoms with E-state index >= 15 is 0 Å². The molecule has 106 valence electrons. The maximum absolute atomic E-state index is 12.8. The van der Waals surface area contributed by atoms with Gasteiger partial charge in [0, 0.05) is 42.3 Å². The third-order valence-electron chi connectivity index (χ3n) is 4.47. The summed E-state index contributed by atoms with van der Waals surface area (Å²) >= 11 is 0. The van der Waals surface area contributed by atoms with Gasteiger partial charge in [-0.05, 0) is 27.0 Å². The Morgan fingerprint density at radius 3 is 2.55 bits per heavy atom. The Hall–Kier alpha value is -1.81. The van der Waals surface area contributed by atoms with Crippen LogP contribution >= 0.6 is 0 Å². The zero-order valence-electron chi connectivity index (χ0n) is 12.3. The molecule has 2 heterocycles. The lowest BCUT2D eigenvalue weighted by molar-refractivity contribution is 0.0416. The van der Waals surface area contributed by atoms with Crippen molar-refractivity contribution in [2.75, 3.05) is 20.1 Å². The largest absolute Gasteiger partial charge is 0.360 e. The molecule has 2 atom stereocenters. The maximum atomic E-state index is 12.8. The Labute approximate surface area is 119 Å². The van der Waals surface area contributed by atoms with Gasteiger partial charge in [-0.15, -0.1) is 0 Å². The van der Waals surface area contributed by atoms with E-state index < -0.39 is 0 Å². The number of likely N-dealkylation sites (N-methyl/N-ethyl adjacent to an activating group) is 1. The summed E-state index contributed by atoms with van der Waals surface area (Å²) in [5.41, 5.74) is 1.80. The van der Waals surface area contributed by atoms with Crippen LogP contribution in [0, 0.1) is 0 Å². The van der Waals surface area contributed by atoms with Crippen LogP contribution in [0.25, 0.3) is 10.9 Å². The second-order valence-electron chi connectivity index (χ2n) is 5.82. The molecule has 0 bridgehead atoms. The number of hydrogen-bond donors (Lipinski definition) is 1. The van der Waals surface area contributed by atoms with Crippen molar-refractivity contribution in [1.82, 2.24) is 14.8 Å². The number of amides is 1. The van der Waals surface area contributed by atoms with E-state index in [2.05, 4.69) is 30.8 Å². The van der Waals surface area contributed by atoms with Gasteiger partial charge in [0.15, 0.2) is 0 Å². The maximum Gasteiger partial charge on any atom is 0.256 e. The fourth-order valence-corrected chi connectivity index (χ4v) is 2.99. The molecule has 20 heavy (non-hydrogen) atoms. The molecule has 4 heteroatoms. The highest BCUT2D eigenvalue weighted by atomic mass is 16.2. The lowest BCUT2D eigenvalue weighted by atomic mass is 10.1. The van der Waals surface area contributed by atoms with Crippen molar-refractivity contribution in [3.63, 3.8) is 0 Å². The van der Waals surface area contributed by atoms with Gasteiger partial charge >= 0.3 is 0 Å². The van der Waals surface area contributed by atoms with Crippen molar-refractivity contribution in [3.05, 3.63) is 36.0 Å². The average Bonchev–Trinajstić information content (AvgIpc) is 2.87. The van der Waals surface area contributed by atoms with E-state index in [9.17, 15) is 4.79 Å². The van der Waals surface area contributed by atoms with Crippen LogP contribution in [0.15, 0.2) is 30.5 Å². The van der Waals surface area contributed by atoms with E-state index in [-0.39, 0.29) is 5.91 Å². The Bertz CT molecular complexity index is 621. The summed E-state index contributed by atoms with van der Waals surface area (Å²) < 4.78 is 0. The van der Waals surface area contributed by atoms with E-state index in [0.717, 1.165) is 29.6 Å². The first-order valence-electron chi connectivity index (χ1n) is 7.15. The number of para-hydroxylation sites is 1. The highest BCUT2D eigenvalue weighted by Gasteiger charge is 2.30. The number of nitrogens with one attached hydrogen (secondary N) is 1. The van der Waals surface area contributed by atoms with Crippen molar-refractivity contribution in [2.24, 2.45) is 0 Å². The van der Waals surface area contributed by atoms with Crippen molar-refractivity contribution in [3.8, 4) is 0 Å². The molecule has 1 aromatic heterocycles. The van der Waals surface area contributed by atoms with Crippen molar-refractivity contribution in [1.29, 1.82) is 0 Å². The van der Waals surface area contributed by atoms with E-state index in [1.165, 1.54) is 0 Å². The molecule has 2 aromatic rings. The molecule has 1 aliphatic heterocycles. The third-order valence-corrected chi connectivity index (χ3v) is 4.47. The summed E-state index contributed by atoms with van der Waals surface area (Å²) in [6, 6.07) is 8.75. The predicted octanol–water partition coefficient (Wildman–Crippen LogP) is 2.33. The monoisotopic (exact) mass is 271 g/mol. The molecule has 4 nitrogen and oxygen atoms in total. The van der Waals surface area contributed by atoms with Crippen LogP contribution in [0.5, 0.6) is 0 Å². The number of nitrogens with zero attached hydrogens (tertiary/aromatic N) is 2. The van der Waals surface area contributed by atoms with Crippen LogP contribution < -0.4 is 0 Å². The molecule has 0 aliphatic carbocycles. The van der Waals surface area contributed by atoms with Crippen LogP contribution in [0.3, 0.4) is 0 Å². The highest BCUT2D eigenvalue weighted by Crippen LogP contribution is 2.22. The molecule has 0 spiro atoms. The number of fused-ring (bicyclic) bond motifs is 1. The minimum Gasteiger partial charge on any atom is -0.360 e. The molecule has 1 N–H and O–H groups in total. The zero-order chi connectivity index (χ0) is 14.3. The minimum absolute atomic E-state index is 0.134. The number of carbonyl (C=O) groups excluding carboxylic acids is 1. The first-order chi connectivity index (χ1) is 9.58. The number of hydrogen-bond acceptors (Lipinski definition) is 2. The molecular weight excluding hydrogens is 250 g/mol. The number of benzene rings is 1. The average molecular weight is 271 g/mol. The van der Waals surface area contributed by atoms with Crippen LogP contribution in [-0.4, -0.2) is 52.9 Å². The Morgan fingerprint density at radius 1 is 1.20 bits per heavy atom. The molecule has 1 amide bonds. The number of aromatic nitrogens is 1. The van der Waals surface area contributed by atoms with Gasteiger partial charge in [-0.2, -0.15) is 0 Å². The van der Waals surface area contributed by atoms with Crippen molar-refractivity contribution in [2.45, 2.75) is 25.9 Å². The standard InChI is InChI=1S/C16H21N3O/c1-11-9-19(10-12(2)18(11)3)16(20)14-8-17-15-7-5-4-6-13(14)15/h4-8,11-12,17H,9-10H2,1-3H3.